The number of piperidine rings is 1. The lowest BCUT2D eigenvalue weighted by Gasteiger charge is -2.38. The Bertz CT molecular complexity index is 494. The van der Waals surface area contributed by atoms with Gasteiger partial charge >= 0.3 is 0 Å². The average Bonchev–Trinajstić information content (AvgIpc) is 2.56. The van der Waals surface area contributed by atoms with Crippen molar-refractivity contribution in [3.05, 3.63) is 29.3 Å². The number of piperazine rings is 1. The van der Waals surface area contributed by atoms with E-state index in [0.717, 1.165) is 62.8 Å². The predicted octanol–water partition coefficient (Wildman–Crippen LogP) is 1.99. The van der Waals surface area contributed by atoms with Gasteiger partial charge in [-0.25, -0.2) is 0 Å². The third-order valence-corrected chi connectivity index (χ3v) is 4.75. The molecule has 2 aliphatic rings. The molecule has 21 heavy (non-hydrogen) atoms. The molecule has 1 N–H and O–H groups in total. The van der Waals surface area contributed by atoms with Gasteiger partial charge < -0.3 is 15.1 Å². The van der Waals surface area contributed by atoms with E-state index in [2.05, 4.69) is 10.2 Å². The Hall–Kier alpha value is -1.26. The lowest BCUT2D eigenvalue weighted by Crippen LogP contribution is -2.52. The molecule has 0 aromatic heterocycles. The van der Waals surface area contributed by atoms with Crippen molar-refractivity contribution in [2.75, 3.05) is 44.2 Å². The molecule has 2 aliphatic heterocycles. The summed E-state index contributed by atoms with van der Waals surface area (Å²) in [5, 5.41) is 4.11. The Balaban J connectivity index is 1.57. The van der Waals surface area contributed by atoms with E-state index in [1.807, 2.05) is 29.2 Å². The van der Waals surface area contributed by atoms with E-state index >= 15 is 0 Å². The lowest BCUT2D eigenvalue weighted by molar-refractivity contribution is -0.136. The van der Waals surface area contributed by atoms with Gasteiger partial charge in [-0.3, -0.25) is 4.79 Å². The smallest absolute Gasteiger partial charge is 0.227 e. The molecule has 0 spiro atoms. The molecule has 1 atom stereocenters. The van der Waals surface area contributed by atoms with Crippen LogP contribution >= 0.6 is 11.6 Å². The molecule has 2 saturated heterocycles. The maximum Gasteiger partial charge on any atom is 0.227 e. The highest BCUT2D eigenvalue weighted by Crippen LogP contribution is 2.26. The third kappa shape index (κ3) is 3.33. The van der Waals surface area contributed by atoms with Crippen molar-refractivity contribution in [1.82, 2.24) is 10.2 Å². The van der Waals surface area contributed by atoms with E-state index in [-0.39, 0.29) is 5.92 Å². The summed E-state index contributed by atoms with van der Waals surface area (Å²) < 4.78 is 0. The summed E-state index contributed by atoms with van der Waals surface area (Å²) in [7, 11) is 0. The first-order chi connectivity index (χ1) is 10.3. The Morgan fingerprint density at radius 2 is 1.95 bits per heavy atom. The molecule has 3 rings (SSSR count). The summed E-state index contributed by atoms with van der Waals surface area (Å²) in [6, 6.07) is 7.92. The monoisotopic (exact) mass is 307 g/mol. The second-order valence-electron chi connectivity index (χ2n) is 5.81. The Morgan fingerprint density at radius 1 is 1.19 bits per heavy atom. The van der Waals surface area contributed by atoms with Crippen LogP contribution in [0.25, 0.3) is 0 Å². The van der Waals surface area contributed by atoms with Crippen molar-refractivity contribution in [2.24, 2.45) is 5.92 Å². The molecule has 4 nitrogen and oxygen atoms in total. The van der Waals surface area contributed by atoms with Crippen molar-refractivity contribution in [2.45, 2.75) is 12.8 Å². The van der Waals surface area contributed by atoms with Crippen molar-refractivity contribution < 1.29 is 4.79 Å². The molecule has 2 heterocycles. The van der Waals surface area contributed by atoms with Gasteiger partial charge in [0.05, 0.1) is 16.6 Å². The molecule has 5 heteroatoms. The summed E-state index contributed by atoms with van der Waals surface area (Å²) in [5.74, 6) is 0.492. The number of amides is 1. The summed E-state index contributed by atoms with van der Waals surface area (Å²) in [4.78, 5) is 16.8. The van der Waals surface area contributed by atoms with E-state index in [4.69, 9.17) is 11.6 Å². The van der Waals surface area contributed by atoms with Crippen LogP contribution in [-0.2, 0) is 4.79 Å². The van der Waals surface area contributed by atoms with Gasteiger partial charge in [-0.15, -0.1) is 0 Å². The van der Waals surface area contributed by atoms with Crippen molar-refractivity contribution >= 4 is 23.2 Å². The van der Waals surface area contributed by atoms with Crippen molar-refractivity contribution in [3.63, 3.8) is 0 Å². The Morgan fingerprint density at radius 3 is 2.62 bits per heavy atom. The van der Waals surface area contributed by atoms with Crippen LogP contribution in [-0.4, -0.2) is 50.1 Å². The summed E-state index contributed by atoms with van der Waals surface area (Å²) in [5.41, 5.74) is 1.07. The largest absolute Gasteiger partial charge is 0.367 e. The fraction of sp³-hybridized carbons (Fsp3) is 0.562. The Kier molecular flexibility index (Phi) is 4.66. The zero-order chi connectivity index (χ0) is 14.7. The van der Waals surface area contributed by atoms with E-state index in [1.54, 1.807) is 0 Å². The highest BCUT2D eigenvalue weighted by atomic mass is 35.5. The van der Waals surface area contributed by atoms with E-state index in [9.17, 15) is 4.79 Å². The van der Waals surface area contributed by atoms with Crippen molar-refractivity contribution in [1.29, 1.82) is 0 Å². The number of carbonyl (C=O) groups is 1. The SMILES string of the molecule is O=C([C@H]1CCCNC1)N1CCN(c2ccccc2Cl)CC1. The van der Waals surface area contributed by atoms with Crippen LogP contribution in [0.2, 0.25) is 5.02 Å². The quantitative estimate of drug-likeness (QED) is 0.907. The van der Waals surface area contributed by atoms with Gasteiger partial charge in [-0.05, 0) is 31.5 Å². The number of hydrogen-bond acceptors (Lipinski definition) is 3. The van der Waals surface area contributed by atoms with Crippen LogP contribution in [0.3, 0.4) is 0 Å². The maximum atomic E-state index is 12.5. The highest BCUT2D eigenvalue weighted by Gasteiger charge is 2.28. The number of anilines is 1. The van der Waals surface area contributed by atoms with E-state index in [0.29, 0.717) is 5.91 Å². The fourth-order valence-corrected chi connectivity index (χ4v) is 3.45. The second kappa shape index (κ2) is 6.67. The molecular weight excluding hydrogens is 286 g/mol. The van der Waals surface area contributed by atoms with Gasteiger partial charge in [-0.2, -0.15) is 0 Å². The van der Waals surface area contributed by atoms with E-state index < -0.39 is 0 Å². The zero-order valence-corrected chi connectivity index (χ0v) is 13.0. The average molecular weight is 308 g/mol. The number of nitrogens with one attached hydrogen (secondary N) is 1. The minimum atomic E-state index is 0.172. The number of nitrogens with zero attached hydrogens (tertiary/aromatic N) is 2. The molecule has 0 saturated carbocycles. The number of halogens is 1. The standard InChI is InChI=1S/C16H22ClN3O/c17-14-5-1-2-6-15(14)19-8-10-20(11-9-19)16(21)13-4-3-7-18-12-13/h1-2,5-6,13,18H,3-4,7-12H2/t13-/m0/s1. The summed E-state index contributed by atoms with van der Waals surface area (Å²) >= 11 is 6.25. The molecule has 1 aromatic rings. The van der Waals surface area contributed by atoms with Crippen LogP contribution in [0.15, 0.2) is 24.3 Å². The molecule has 0 bridgehead atoms. The normalized spacial score (nSPS) is 23.2. The van der Waals surface area contributed by atoms with Gasteiger partial charge in [0, 0.05) is 32.7 Å². The number of rotatable bonds is 2. The molecule has 2 fully saturated rings. The number of benzene rings is 1. The van der Waals surface area contributed by atoms with Crippen LogP contribution < -0.4 is 10.2 Å². The third-order valence-electron chi connectivity index (χ3n) is 4.43. The van der Waals surface area contributed by atoms with E-state index in [1.165, 1.54) is 0 Å². The number of carbonyl (C=O) groups excluding carboxylic acids is 1. The van der Waals surface area contributed by atoms with Crippen LogP contribution in [0.1, 0.15) is 12.8 Å². The molecule has 1 aromatic carbocycles. The lowest BCUT2D eigenvalue weighted by atomic mass is 9.98. The molecule has 1 amide bonds. The highest BCUT2D eigenvalue weighted by molar-refractivity contribution is 6.33. The predicted molar refractivity (Wildman–Crippen MR) is 85.8 cm³/mol. The van der Waals surface area contributed by atoms with Gasteiger partial charge in [0.1, 0.15) is 0 Å². The molecule has 0 aliphatic carbocycles. The van der Waals surface area contributed by atoms with Gasteiger partial charge in [0.2, 0.25) is 5.91 Å². The van der Waals surface area contributed by atoms with Crippen LogP contribution in [0.4, 0.5) is 5.69 Å². The summed E-state index contributed by atoms with van der Waals surface area (Å²) in [6.07, 6.45) is 2.13. The first-order valence-electron chi connectivity index (χ1n) is 7.74. The minimum absolute atomic E-state index is 0.172. The van der Waals surface area contributed by atoms with Gasteiger partial charge in [-0.1, -0.05) is 23.7 Å². The maximum absolute atomic E-state index is 12.5. The second-order valence-corrected chi connectivity index (χ2v) is 6.21. The molecule has 114 valence electrons. The van der Waals surface area contributed by atoms with Gasteiger partial charge in [0.15, 0.2) is 0 Å². The molecule has 0 unspecified atom stereocenters. The first kappa shape index (κ1) is 14.7. The first-order valence-corrected chi connectivity index (χ1v) is 8.12. The van der Waals surface area contributed by atoms with Gasteiger partial charge in [0.25, 0.3) is 0 Å². The minimum Gasteiger partial charge on any atom is -0.367 e. The molecular formula is C16H22ClN3O. The fourth-order valence-electron chi connectivity index (χ4n) is 3.20. The number of hydrogen-bond donors (Lipinski definition) is 1. The number of para-hydroxylation sites is 1. The molecule has 0 radical (unpaired) electrons. The Labute approximate surface area is 131 Å². The van der Waals surface area contributed by atoms with Crippen LogP contribution in [0.5, 0.6) is 0 Å². The zero-order valence-electron chi connectivity index (χ0n) is 12.2. The van der Waals surface area contributed by atoms with Crippen LogP contribution in [0, 0.1) is 5.92 Å². The summed E-state index contributed by atoms with van der Waals surface area (Å²) in [6.45, 7) is 5.18. The topological polar surface area (TPSA) is 35.6 Å². The van der Waals surface area contributed by atoms with Crippen molar-refractivity contribution in [3.8, 4) is 0 Å².